The summed E-state index contributed by atoms with van der Waals surface area (Å²) in [5.74, 6) is 0.0153. The molecule has 7 nitrogen and oxygen atoms in total. The average molecular weight is 459 g/mol. The van der Waals surface area contributed by atoms with Crippen molar-refractivity contribution in [1.82, 2.24) is 20.9 Å². The van der Waals surface area contributed by atoms with Crippen molar-refractivity contribution in [3.63, 3.8) is 0 Å². The molecule has 3 rings (SSSR count). The lowest BCUT2D eigenvalue weighted by Crippen LogP contribution is -2.34. The molecule has 3 amide bonds. The molecule has 0 radical (unpaired) electrons. The quantitative estimate of drug-likeness (QED) is 0.336. The second-order valence-corrected chi connectivity index (χ2v) is 7.85. The van der Waals surface area contributed by atoms with Gasteiger partial charge >= 0.3 is 6.03 Å². The largest absolute Gasteiger partial charge is 0.507 e. The minimum Gasteiger partial charge on any atom is -0.507 e. The highest BCUT2D eigenvalue weighted by molar-refractivity contribution is 5.93. The number of aromatic hydroxyl groups is 1. The third kappa shape index (κ3) is 6.93. The van der Waals surface area contributed by atoms with Gasteiger partial charge in [-0.3, -0.25) is 9.78 Å². The second-order valence-electron chi connectivity index (χ2n) is 7.85. The van der Waals surface area contributed by atoms with Gasteiger partial charge in [-0.25, -0.2) is 4.79 Å². The van der Waals surface area contributed by atoms with Crippen molar-refractivity contribution in [2.75, 3.05) is 13.1 Å². The smallest absolute Gasteiger partial charge is 0.315 e. The number of urea groups is 1. The van der Waals surface area contributed by atoms with Crippen molar-refractivity contribution in [3.8, 4) is 16.9 Å². The lowest BCUT2D eigenvalue weighted by Gasteiger charge is -2.12. The average Bonchev–Trinajstić information content (AvgIpc) is 2.86. The predicted molar refractivity (Wildman–Crippen MR) is 134 cm³/mol. The van der Waals surface area contributed by atoms with E-state index in [1.54, 1.807) is 24.4 Å². The molecular weight excluding hydrogens is 428 g/mol. The first-order chi connectivity index (χ1) is 16.5. The minimum absolute atomic E-state index is 0.149. The maximum atomic E-state index is 12.1. The molecule has 1 aromatic heterocycles. The van der Waals surface area contributed by atoms with E-state index in [4.69, 9.17) is 0 Å². The Labute approximate surface area is 199 Å². The van der Waals surface area contributed by atoms with E-state index in [0.29, 0.717) is 37.2 Å². The van der Waals surface area contributed by atoms with Crippen LogP contribution in [0.3, 0.4) is 0 Å². The van der Waals surface area contributed by atoms with E-state index < -0.39 is 0 Å². The van der Waals surface area contributed by atoms with Crippen molar-refractivity contribution < 1.29 is 14.7 Å². The number of hydrogen-bond donors (Lipinski definition) is 4. The van der Waals surface area contributed by atoms with Gasteiger partial charge in [0.05, 0.1) is 5.56 Å². The van der Waals surface area contributed by atoms with E-state index in [2.05, 4.69) is 27.5 Å². The molecule has 0 unspecified atom stereocenters. The van der Waals surface area contributed by atoms with Crippen molar-refractivity contribution in [2.45, 2.75) is 26.3 Å². The molecule has 0 fully saturated rings. The number of pyridine rings is 1. The molecule has 0 saturated carbocycles. The molecule has 0 aliphatic heterocycles. The fourth-order valence-corrected chi connectivity index (χ4v) is 3.50. The van der Waals surface area contributed by atoms with E-state index in [1.165, 1.54) is 6.20 Å². The first-order valence-electron chi connectivity index (χ1n) is 11.3. The minimum atomic E-state index is -0.213. The van der Waals surface area contributed by atoms with Gasteiger partial charge in [0.1, 0.15) is 5.75 Å². The van der Waals surface area contributed by atoms with Crippen LogP contribution in [0.15, 0.2) is 73.6 Å². The van der Waals surface area contributed by atoms with Crippen molar-refractivity contribution in [3.05, 3.63) is 90.3 Å². The first kappa shape index (κ1) is 24.5. The molecule has 0 bridgehead atoms. The molecule has 0 atom stereocenters. The SMILES string of the molecule is C=C(CCCNC(=O)c1cccnc1)c1ccc(-c2cccc(CNC(=O)NCC)c2)c(O)c1. The first-order valence-corrected chi connectivity index (χ1v) is 11.3. The van der Waals surface area contributed by atoms with Gasteiger partial charge in [0.25, 0.3) is 5.91 Å². The molecule has 176 valence electrons. The summed E-state index contributed by atoms with van der Waals surface area (Å²) >= 11 is 0. The highest BCUT2D eigenvalue weighted by Crippen LogP contribution is 2.33. The molecule has 7 heteroatoms. The van der Waals surface area contributed by atoms with Crippen LogP contribution >= 0.6 is 0 Å². The number of hydrogen-bond acceptors (Lipinski definition) is 4. The predicted octanol–water partition coefficient (Wildman–Crippen LogP) is 4.50. The molecule has 34 heavy (non-hydrogen) atoms. The van der Waals surface area contributed by atoms with Gasteiger partial charge in [0.2, 0.25) is 0 Å². The Balaban J connectivity index is 1.55. The summed E-state index contributed by atoms with van der Waals surface area (Å²) in [6.45, 7) is 7.48. The third-order valence-electron chi connectivity index (χ3n) is 5.30. The number of carbonyl (C=O) groups excluding carboxylic acids is 2. The van der Waals surface area contributed by atoms with Crippen LogP contribution in [0, 0.1) is 0 Å². The Bertz CT molecular complexity index is 1150. The highest BCUT2D eigenvalue weighted by Gasteiger charge is 2.09. The van der Waals surface area contributed by atoms with E-state index in [0.717, 1.165) is 28.7 Å². The number of carbonyl (C=O) groups is 2. The zero-order valence-corrected chi connectivity index (χ0v) is 19.3. The fourth-order valence-electron chi connectivity index (χ4n) is 3.50. The number of phenols is 1. The zero-order chi connectivity index (χ0) is 24.3. The summed E-state index contributed by atoms with van der Waals surface area (Å²) in [7, 11) is 0. The van der Waals surface area contributed by atoms with E-state index in [9.17, 15) is 14.7 Å². The normalized spacial score (nSPS) is 10.4. The Kier molecular flexibility index (Phi) is 8.80. The number of benzene rings is 2. The standard InChI is InChI=1S/C27H30N4O3/c1-3-29-27(34)31-17-20-8-4-9-22(15-20)24-12-11-21(16-25(24)32)19(2)7-5-14-30-26(33)23-10-6-13-28-18-23/h4,6,8-13,15-16,18,32H,2-3,5,7,14,17H2,1H3,(H,30,33)(H2,29,31,34). The third-order valence-corrected chi connectivity index (χ3v) is 5.30. The number of nitrogens with zero attached hydrogens (tertiary/aromatic N) is 1. The summed E-state index contributed by atoms with van der Waals surface area (Å²) in [4.78, 5) is 27.6. The molecule has 0 aliphatic carbocycles. The van der Waals surface area contributed by atoms with Crippen molar-refractivity contribution >= 4 is 17.5 Å². The Hall–Kier alpha value is -4.13. The summed E-state index contributed by atoms with van der Waals surface area (Å²) < 4.78 is 0. The van der Waals surface area contributed by atoms with Crippen LogP contribution in [0.4, 0.5) is 4.79 Å². The van der Waals surface area contributed by atoms with Gasteiger partial charge in [0, 0.05) is 37.6 Å². The van der Waals surface area contributed by atoms with Crippen LogP contribution in [0.25, 0.3) is 16.7 Å². The number of rotatable bonds is 10. The number of allylic oxidation sites excluding steroid dienone is 1. The van der Waals surface area contributed by atoms with Gasteiger partial charge in [-0.1, -0.05) is 36.9 Å². The Morgan fingerprint density at radius 2 is 1.85 bits per heavy atom. The van der Waals surface area contributed by atoms with Crippen molar-refractivity contribution in [1.29, 1.82) is 0 Å². The van der Waals surface area contributed by atoms with Crippen LogP contribution in [-0.2, 0) is 6.54 Å². The van der Waals surface area contributed by atoms with Gasteiger partial charge in [-0.15, -0.1) is 0 Å². The Morgan fingerprint density at radius 1 is 1.00 bits per heavy atom. The monoisotopic (exact) mass is 458 g/mol. The van der Waals surface area contributed by atoms with E-state index >= 15 is 0 Å². The summed E-state index contributed by atoms with van der Waals surface area (Å²) in [6.07, 6.45) is 4.58. The van der Waals surface area contributed by atoms with Crippen LogP contribution in [0.5, 0.6) is 5.75 Å². The van der Waals surface area contributed by atoms with Crippen LogP contribution < -0.4 is 16.0 Å². The molecule has 0 aliphatic rings. The second kappa shape index (κ2) is 12.2. The van der Waals surface area contributed by atoms with Gasteiger partial charge in [-0.05, 0) is 66.3 Å². The number of phenolic OH excluding ortho intramolecular Hbond substituents is 1. The summed E-state index contributed by atoms with van der Waals surface area (Å²) in [5, 5.41) is 19.0. The lowest BCUT2D eigenvalue weighted by molar-refractivity contribution is 0.0953. The van der Waals surface area contributed by atoms with Crippen molar-refractivity contribution in [2.24, 2.45) is 0 Å². The molecule has 0 spiro atoms. The van der Waals surface area contributed by atoms with Crippen LogP contribution in [0.2, 0.25) is 0 Å². The number of amides is 3. The highest BCUT2D eigenvalue weighted by atomic mass is 16.3. The van der Waals surface area contributed by atoms with Gasteiger partial charge in [0.15, 0.2) is 0 Å². The molecule has 0 saturated heterocycles. The zero-order valence-electron chi connectivity index (χ0n) is 19.3. The summed E-state index contributed by atoms with van der Waals surface area (Å²) in [5.41, 5.74) is 4.78. The lowest BCUT2D eigenvalue weighted by atomic mass is 9.97. The molecule has 4 N–H and O–H groups in total. The van der Waals surface area contributed by atoms with Gasteiger partial charge < -0.3 is 21.1 Å². The molecular formula is C27H30N4O3. The van der Waals surface area contributed by atoms with Crippen LogP contribution in [-0.4, -0.2) is 35.1 Å². The van der Waals surface area contributed by atoms with Gasteiger partial charge in [-0.2, -0.15) is 0 Å². The maximum Gasteiger partial charge on any atom is 0.315 e. The Morgan fingerprint density at radius 3 is 2.59 bits per heavy atom. The number of nitrogens with one attached hydrogen (secondary N) is 3. The van der Waals surface area contributed by atoms with E-state index in [1.807, 2.05) is 43.3 Å². The topological polar surface area (TPSA) is 103 Å². The fraction of sp³-hybridized carbons (Fsp3) is 0.222. The molecule has 1 heterocycles. The number of aromatic nitrogens is 1. The molecule has 2 aromatic carbocycles. The molecule has 3 aromatic rings. The maximum absolute atomic E-state index is 12.1. The van der Waals surface area contributed by atoms with Crippen LogP contribution in [0.1, 0.15) is 41.3 Å². The summed E-state index contributed by atoms with van der Waals surface area (Å²) in [6, 6.07) is 16.5. The van der Waals surface area contributed by atoms with E-state index in [-0.39, 0.29) is 17.7 Å².